The van der Waals surface area contributed by atoms with Crippen molar-refractivity contribution in [3.05, 3.63) is 0 Å². The van der Waals surface area contributed by atoms with Crippen LogP contribution in [-0.4, -0.2) is 34.6 Å². The molecular formula is C10H19ClN2OS2. The summed E-state index contributed by atoms with van der Waals surface area (Å²) in [6.45, 7) is 0. The van der Waals surface area contributed by atoms with Gasteiger partial charge in [0.1, 0.15) is 0 Å². The second-order valence-corrected chi connectivity index (χ2v) is 7.17. The Hall–Kier alpha value is 0.420. The maximum Gasteiger partial charge on any atom is 0.247 e. The van der Waals surface area contributed by atoms with Gasteiger partial charge in [0.2, 0.25) is 5.91 Å². The predicted octanol–water partition coefficient (Wildman–Crippen LogP) is 1.46. The molecule has 1 amide bonds. The Labute approximate surface area is 111 Å². The average Bonchev–Trinajstić information content (AvgIpc) is 2.91. The molecule has 1 aliphatic carbocycles. The lowest BCUT2D eigenvalue weighted by molar-refractivity contribution is -0.121. The highest BCUT2D eigenvalue weighted by atomic mass is 35.5. The average molecular weight is 283 g/mol. The number of carbonyl (C=O) groups excluding carboxylic acids is 1. The summed E-state index contributed by atoms with van der Waals surface area (Å²) in [6, 6.07) is 0.00227. The lowest BCUT2D eigenvalue weighted by Crippen LogP contribution is -2.52. The number of rotatable bonds is 4. The quantitative estimate of drug-likeness (QED) is 0.820. The number of amides is 1. The van der Waals surface area contributed by atoms with Crippen LogP contribution in [0.5, 0.6) is 0 Å². The van der Waals surface area contributed by atoms with E-state index in [0.717, 1.165) is 23.8 Å². The molecule has 0 bridgehead atoms. The number of halogens is 1. The topological polar surface area (TPSA) is 55.1 Å². The van der Waals surface area contributed by atoms with Crippen molar-refractivity contribution >= 4 is 41.8 Å². The normalized spacial score (nSPS) is 24.6. The summed E-state index contributed by atoms with van der Waals surface area (Å²) < 4.78 is -0.405. The molecule has 0 unspecified atom stereocenters. The number of hydrogen-bond acceptors (Lipinski definition) is 4. The third-order valence-electron chi connectivity index (χ3n) is 3.03. The van der Waals surface area contributed by atoms with Gasteiger partial charge in [-0.25, -0.2) is 0 Å². The maximum atomic E-state index is 11.9. The smallest absolute Gasteiger partial charge is 0.247 e. The molecule has 1 saturated heterocycles. The highest BCUT2D eigenvalue weighted by Gasteiger charge is 2.48. The van der Waals surface area contributed by atoms with Crippen LogP contribution in [-0.2, 0) is 4.79 Å². The Morgan fingerprint density at radius 3 is 2.50 bits per heavy atom. The highest BCUT2D eigenvalue weighted by molar-refractivity contribution is 8.22. The fourth-order valence-corrected chi connectivity index (χ4v) is 5.18. The summed E-state index contributed by atoms with van der Waals surface area (Å²) in [7, 11) is 1.70. The summed E-state index contributed by atoms with van der Waals surface area (Å²) >= 11 is 3.45. The molecule has 6 heteroatoms. The summed E-state index contributed by atoms with van der Waals surface area (Å²) in [5.41, 5.74) is 6.23. The molecule has 1 aliphatic heterocycles. The van der Waals surface area contributed by atoms with E-state index in [-0.39, 0.29) is 24.4 Å². The van der Waals surface area contributed by atoms with Crippen molar-refractivity contribution in [3.63, 3.8) is 0 Å². The van der Waals surface area contributed by atoms with Gasteiger partial charge in [0.05, 0.1) is 0 Å². The van der Waals surface area contributed by atoms with E-state index in [1.165, 1.54) is 12.8 Å². The van der Waals surface area contributed by atoms with Gasteiger partial charge in [0.25, 0.3) is 0 Å². The monoisotopic (exact) mass is 282 g/mol. The van der Waals surface area contributed by atoms with Crippen LogP contribution in [0.4, 0.5) is 0 Å². The minimum Gasteiger partial charge on any atom is -0.357 e. The molecule has 0 aromatic carbocycles. The first-order valence-electron chi connectivity index (χ1n) is 5.44. The van der Waals surface area contributed by atoms with E-state index >= 15 is 0 Å². The van der Waals surface area contributed by atoms with Crippen molar-refractivity contribution in [2.75, 3.05) is 18.6 Å². The van der Waals surface area contributed by atoms with Crippen LogP contribution in [0, 0.1) is 5.92 Å². The third-order valence-corrected chi connectivity index (χ3v) is 6.65. The largest absolute Gasteiger partial charge is 0.357 e. The van der Waals surface area contributed by atoms with Gasteiger partial charge in [-0.3, -0.25) is 4.79 Å². The van der Waals surface area contributed by atoms with Crippen LogP contribution in [0.3, 0.4) is 0 Å². The minimum absolute atomic E-state index is 0. The Bertz CT molecular complexity index is 255. The first-order chi connectivity index (χ1) is 7.19. The molecular weight excluding hydrogens is 264 g/mol. The highest BCUT2D eigenvalue weighted by Crippen LogP contribution is 2.49. The molecule has 0 radical (unpaired) electrons. The molecule has 0 aromatic heterocycles. The molecule has 1 atom stereocenters. The predicted molar refractivity (Wildman–Crippen MR) is 74.3 cm³/mol. The molecule has 16 heavy (non-hydrogen) atoms. The molecule has 1 saturated carbocycles. The molecule has 2 aliphatic rings. The van der Waals surface area contributed by atoms with E-state index < -0.39 is 4.08 Å². The molecule has 0 spiro atoms. The lowest BCUT2D eigenvalue weighted by Gasteiger charge is -2.31. The van der Waals surface area contributed by atoms with Crippen LogP contribution in [0.15, 0.2) is 0 Å². The van der Waals surface area contributed by atoms with Crippen LogP contribution >= 0.6 is 35.9 Å². The van der Waals surface area contributed by atoms with Gasteiger partial charge in [-0.05, 0) is 12.3 Å². The number of hydrogen-bond donors (Lipinski definition) is 2. The summed E-state index contributed by atoms with van der Waals surface area (Å²) in [5, 5.41) is 2.76. The maximum absolute atomic E-state index is 11.9. The Balaban J connectivity index is 0.00000128. The van der Waals surface area contributed by atoms with Crippen molar-refractivity contribution in [2.24, 2.45) is 11.7 Å². The fourth-order valence-electron chi connectivity index (χ4n) is 1.98. The van der Waals surface area contributed by atoms with Crippen molar-refractivity contribution in [1.29, 1.82) is 0 Å². The van der Waals surface area contributed by atoms with E-state index in [1.54, 1.807) is 30.6 Å². The van der Waals surface area contributed by atoms with Gasteiger partial charge in [-0.2, -0.15) is 0 Å². The number of nitrogens with one attached hydrogen (secondary N) is 1. The second-order valence-electron chi connectivity index (χ2n) is 4.23. The number of thioether (sulfide) groups is 2. The van der Waals surface area contributed by atoms with Crippen LogP contribution in [0.1, 0.15) is 19.3 Å². The van der Waals surface area contributed by atoms with Crippen molar-refractivity contribution in [1.82, 2.24) is 5.32 Å². The van der Waals surface area contributed by atoms with Gasteiger partial charge in [0, 0.05) is 24.6 Å². The number of carbonyl (C=O) groups is 1. The molecule has 0 aromatic rings. The first-order valence-corrected chi connectivity index (χ1v) is 7.42. The van der Waals surface area contributed by atoms with Gasteiger partial charge < -0.3 is 11.1 Å². The summed E-state index contributed by atoms with van der Waals surface area (Å²) in [6.07, 6.45) is 3.60. The summed E-state index contributed by atoms with van der Waals surface area (Å²) in [4.78, 5) is 11.9. The number of nitrogens with two attached hydrogens (primary N) is 1. The summed E-state index contributed by atoms with van der Waals surface area (Å²) in [5.74, 6) is 2.96. The molecule has 3 N–H and O–H groups in total. The molecule has 3 nitrogen and oxygen atoms in total. The van der Waals surface area contributed by atoms with Crippen LogP contribution in [0.2, 0.25) is 0 Å². The Morgan fingerprint density at radius 1 is 1.50 bits per heavy atom. The second kappa shape index (κ2) is 5.85. The van der Waals surface area contributed by atoms with E-state index in [2.05, 4.69) is 5.32 Å². The molecule has 2 fully saturated rings. The molecule has 94 valence electrons. The van der Waals surface area contributed by atoms with Gasteiger partial charge in [-0.1, -0.05) is 12.8 Å². The zero-order valence-electron chi connectivity index (χ0n) is 9.40. The van der Waals surface area contributed by atoms with Gasteiger partial charge in [-0.15, -0.1) is 35.9 Å². The van der Waals surface area contributed by atoms with E-state index in [0.29, 0.717) is 0 Å². The lowest BCUT2D eigenvalue weighted by atomic mass is 10.1. The van der Waals surface area contributed by atoms with Crippen molar-refractivity contribution in [2.45, 2.75) is 29.4 Å². The molecule has 1 heterocycles. The van der Waals surface area contributed by atoms with Crippen LogP contribution < -0.4 is 11.1 Å². The minimum atomic E-state index is -0.405. The SMILES string of the molecule is CNC(=O)C1([C@@H](N)CC2CC2)SCCS1.Cl. The Morgan fingerprint density at radius 2 is 2.06 bits per heavy atom. The van der Waals surface area contributed by atoms with E-state index in [4.69, 9.17) is 5.73 Å². The van der Waals surface area contributed by atoms with Crippen molar-refractivity contribution in [3.8, 4) is 0 Å². The third kappa shape index (κ3) is 2.81. The van der Waals surface area contributed by atoms with Gasteiger partial charge >= 0.3 is 0 Å². The standard InChI is InChI=1S/C10H18N2OS2.ClH/c1-12-9(13)10(14-4-5-15-10)8(11)6-7-2-3-7;/h7-8H,2-6,11H2,1H3,(H,12,13);1H/t8-;/m0./s1. The Kier molecular flexibility index (Phi) is 5.29. The van der Waals surface area contributed by atoms with E-state index in [1.807, 2.05) is 0 Å². The fraction of sp³-hybridized carbons (Fsp3) is 0.900. The van der Waals surface area contributed by atoms with Crippen LogP contribution in [0.25, 0.3) is 0 Å². The van der Waals surface area contributed by atoms with Crippen molar-refractivity contribution < 1.29 is 4.79 Å². The van der Waals surface area contributed by atoms with E-state index in [9.17, 15) is 4.79 Å². The van der Waals surface area contributed by atoms with Gasteiger partial charge in [0.15, 0.2) is 4.08 Å². The molecule has 2 rings (SSSR count). The zero-order chi connectivity index (χ0) is 10.9. The first kappa shape index (κ1) is 14.5. The zero-order valence-corrected chi connectivity index (χ0v) is 11.9.